The van der Waals surface area contributed by atoms with Gasteiger partial charge in [0.2, 0.25) is 0 Å². The van der Waals surface area contributed by atoms with E-state index in [2.05, 4.69) is 48.3 Å². The first-order chi connectivity index (χ1) is 8.31. The third-order valence-corrected chi connectivity index (χ3v) is 3.73. The van der Waals surface area contributed by atoms with E-state index in [4.69, 9.17) is 0 Å². The maximum absolute atomic E-state index is 3.51. The van der Waals surface area contributed by atoms with Crippen molar-refractivity contribution in [2.24, 2.45) is 0 Å². The molecule has 0 aliphatic carbocycles. The Kier molecular flexibility index (Phi) is 6.69. The van der Waals surface area contributed by atoms with Crippen LogP contribution in [0, 0.1) is 6.92 Å². The molecule has 2 rings (SSSR count). The standard InChI is InChI=1S/C15H24N2.ClH/c1-3-6-15-11-16-9-10-17(15)12-14-8-5-4-7-13(14)2;/h4-5,7-8,15-16H,3,6,9-12H2,1-2H3;1H. The summed E-state index contributed by atoms with van der Waals surface area (Å²) in [5, 5.41) is 3.51. The Morgan fingerprint density at radius 3 is 2.83 bits per heavy atom. The quantitative estimate of drug-likeness (QED) is 0.903. The van der Waals surface area contributed by atoms with Crippen molar-refractivity contribution in [2.75, 3.05) is 19.6 Å². The van der Waals surface area contributed by atoms with Gasteiger partial charge < -0.3 is 5.32 Å². The molecule has 1 atom stereocenters. The second-order valence-electron chi connectivity index (χ2n) is 5.04. The van der Waals surface area contributed by atoms with Crippen molar-refractivity contribution in [3.8, 4) is 0 Å². The van der Waals surface area contributed by atoms with Crippen LogP contribution >= 0.6 is 12.4 Å². The van der Waals surface area contributed by atoms with Gasteiger partial charge in [-0.2, -0.15) is 0 Å². The van der Waals surface area contributed by atoms with Gasteiger partial charge in [-0.05, 0) is 24.5 Å². The Hall–Kier alpha value is -0.570. The maximum Gasteiger partial charge on any atom is 0.0240 e. The average Bonchev–Trinajstić information content (AvgIpc) is 2.35. The number of nitrogens with zero attached hydrogens (tertiary/aromatic N) is 1. The fourth-order valence-corrected chi connectivity index (χ4v) is 2.64. The topological polar surface area (TPSA) is 15.3 Å². The van der Waals surface area contributed by atoms with Gasteiger partial charge >= 0.3 is 0 Å². The van der Waals surface area contributed by atoms with Crippen molar-refractivity contribution in [1.29, 1.82) is 0 Å². The van der Waals surface area contributed by atoms with Crippen LogP contribution in [-0.4, -0.2) is 30.6 Å². The van der Waals surface area contributed by atoms with E-state index in [0.29, 0.717) is 6.04 Å². The summed E-state index contributed by atoms with van der Waals surface area (Å²) in [6.45, 7) is 9.07. The van der Waals surface area contributed by atoms with Gasteiger partial charge in [0.05, 0.1) is 0 Å². The molecule has 1 heterocycles. The highest BCUT2D eigenvalue weighted by molar-refractivity contribution is 5.85. The fourth-order valence-electron chi connectivity index (χ4n) is 2.64. The molecule has 1 aliphatic heterocycles. The zero-order valence-corrected chi connectivity index (χ0v) is 12.3. The summed E-state index contributed by atoms with van der Waals surface area (Å²) in [7, 11) is 0. The van der Waals surface area contributed by atoms with Crippen molar-refractivity contribution in [3.63, 3.8) is 0 Å². The summed E-state index contributed by atoms with van der Waals surface area (Å²) in [6, 6.07) is 9.47. The van der Waals surface area contributed by atoms with E-state index >= 15 is 0 Å². The van der Waals surface area contributed by atoms with Gasteiger partial charge in [0.25, 0.3) is 0 Å². The summed E-state index contributed by atoms with van der Waals surface area (Å²) in [6.07, 6.45) is 2.58. The van der Waals surface area contributed by atoms with Crippen LogP contribution in [0.3, 0.4) is 0 Å². The van der Waals surface area contributed by atoms with Crippen LogP contribution in [0.1, 0.15) is 30.9 Å². The molecular weight excluding hydrogens is 244 g/mol. The number of piperazine rings is 1. The Labute approximate surface area is 117 Å². The molecule has 18 heavy (non-hydrogen) atoms. The molecule has 3 heteroatoms. The Balaban J connectivity index is 0.00000162. The van der Waals surface area contributed by atoms with E-state index in [9.17, 15) is 0 Å². The number of hydrogen-bond donors (Lipinski definition) is 1. The molecule has 1 saturated heterocycles. The van der Waals surface area contributed by atoms with Crippen molar-refractivity contribution in [2.45, 2.75) is 39.3 Å². The molecule has 0 bridgehead atoms. The number of halogens is 1. The summed E-state index contributed by atoms with van der Waals surface area (Å²) < 4.78 is 0. The van der Waals surface area contributed by atoms with Crippen LogP contribution in [0.4, 0.5) is 0 Å². The first kappa shape index (κ1) is 15.5. The lowest BCUT2D eigenvalue weighted by Gasteiger charge is -2.36. The third-order valence-electron chi connectivity index (χ3n) is 3.73. The van der Waals surface area contributed by atoms with Crippen LogP contribution < -0.4 is 5.32 Å². The number of rotatable bonds is 4. The predicted molar refractivity (Wildman–Crippen MR) is 80.4 cm³/mol. The van der Waals surface area contributed by atoms with Crippen LogP contribution in [-0.2, 0) is 6.54 Å². The summed E-state index contributed by atoms with van der Waals surface area (Å²) >= 11 is 0. The molecule has 0 saturated carbocycles. The Morgan fingerprint density at radius 2 is 2.11 bits per heavy atom. The lowest BCUT2D eigenvalue weighted by Crippen LogP contribution is -2.50. The Morgan fingerprint density at radius 1 is 1.33 bits per heavy atom. The third kappa shape index (κ3) is 3.98. The van der Waals surface area contributed by atoms with E-state index in [-0.39, 0.29) is 12.4 Å². The monoisotopic (exact) mass is 268 g/mol. The molecular formula is C15H25ClN2. The fraction of sp³-hybridized carbons (Fsp3) is 0.600. The zero-order valence-electron chi connectivity index (χ0n) is 11.5. The largest absolute Gasteiger partial charge is 0.314 e. The van der Waals surface area contributed by atoms with E-state index in [1.54, 1.807) is 0 Å². The Bertz CT molecular complexity index is 352. The molecule has 2 nitrogen and oxygen atoms in total. The normalized spacial score (nSPS) is 20.4. The molecule has 1 unspecified atom stereocenters. The molecule has 1 N–H and O–H groups in total. The van der Waals surface area contributed by atoms with Gasteiger partial charge in [-0.25, -0.2) is 0 Å². The molecule has 0 amide bonds. The second-order valence-corrected chi connectivity index (χ2v) is 5.04. The van der Waals surface area contributed by atoms with Gasteiger partial charge in [-0.15, -0.1) is 12.4 Å². The number of hydrogen-bond acceptors (Lipinski definition) is 2. The second kappa shape index (κ2) is 7.78. The smallest absolute Gasteiger partial charge is 0.0240 e. The molecule has 1 aromatic carbocycles. The van der Waals surface area contributed by atoms with E-state index < -0.39 is 0 Å². The lowest BCUT2D eigenvalue weighted by atomic mass is 10.0. The summed E-state index contributed by atoms with van der Waals surface area (Å²) in [5.74, 6) is 0. The van der Waals surface area contributed by atoms with Crippen LogP contribution in [0.2, 0.25) is 0 Å². The van der Waals surface area contributed by atoms with Crippen molar-refractivity contribution in [1.82, 2.24) is 10.2 Å². The SMILES string of the molecule is CCCC1CNCCN1Cc1ccccc1C.Cl. The molecule has 1 aromatic rings. The molecule has 102 valence electrons. The first-order valence-corrected chi connectivity index (χ1v) is 6.80. The number of benzene rings is 1. The van der Waals surface area contributed by atoms with Gasteiger partial charge in [-0.1, -0.05) is 37.6 Å². The van der Waals surface area contributed by atoms with Crippen molar-refractivity contribution >= 4 is 12.4 Å². The lowest BCUT2D eigenvalue weighted by molar-refractivity contribution is 0.144. The molecule has 0 spiro atoms. The minimum atomic E-state index is 0. The highest BCUT2D eigenvalue weighted by Crippen LogP contribution is 2.16. The van der Waals surface area contributed by atoms with Gasteiger partial charge in [0, 0.05) is 32.2 Å². The molecule has 1 aliphatic rings. The maximum atomic E-state index is 3.51. The van der Waals surface area contributed by atoms with Crippen molar-refractivity contribution in [3.05, 3.63) is 35.4 Å². The first-order valence-electron chi connectivity index (χ1n) is 6.80. The predicted octanol–water partition coefficient (Wildman–Crippen LogP) is 2.99. The summed E-state index contributed by atoms with van der Waals surface area (Å²) in [4.78, 5) is 2.64. The van der Waals surface area contributed by atoms with E-state index in [0.717, 1.165) is 19.6 Å². The van der Waals surface area contributed by atoms with Crippen LogP contribution in [0.5, 0.6) is 0 Å². The van der Waals surface area contributed by atoms with Gasteiger partial charge in [0.15, 0.2) is 0 Å². The highest BCUT2D eigenvalue weighted by atomic mass is 35.5. The molecule has 0 radical (unpaired) electrons. The van der Waals surface area contributed by atoms with E-state index in [1.165, 1.54) is 30.5 Å². The highest BCUT2D eigenvalue weighted by Gasteiger charge is 2.21. The van der Waals surface area contributed by atoms with Crippen LogP contribution in [0.15, 0.2) is 24.3 Å². The van der Waals surface area contributed by atoms with Gasteiger partial charge in [-0.3, -0.25) is 4.90 Å². The zero-order chi connectivity index (χ0) is 12.1. The minimum absolute atomic E-state index is 0. The summed E-state index contributed by atoms with van der Waals surface area (Å²) in [5.41, 5.74) is 2.90. The number of aryl methyl sites for hydroxylation is 1. The minimum Gasteiger partial charge on any atom is -0.314 e. The van der Waals surface area contributed by atoms with Crippen LogP contribution in [0.25, 0.3) is 0 Å². The van der Waals surface area contributed by atoms with Crippen molar-refractivity contribution < 1.29 is 0 Å². The van der Waals surface area contributed by atoms with E-state index in [1.807, 2.05) is 0 Å². The number of nitrogens with one attached hydrogen (secondary N) is 1. The molecule has 0 aromatic heterocycles. The average molecular weight is 269 g/mol. The van der Waals surface area contributed by atoms with Gasteiger partial charge in [0.1, 0.15) is 0 Å². The molecule has 1 fully saturated rings.